The minimum Gasteiger partial charge on any atom is -0.369 e. The van der Waals surface area contributed by atoms with Gasteiger partial charge in [0.15, 0.2) is 0 Å². The van der Waals surface area contributed by atoms with Crippen molar-refractivity contribution in [1.82, 2.24) is 10.2 Å². The van der Waals surface area contributed by atoms with Crippen molar-refractivity contribution in [2.45, 2.75) is 39.5 Å². The number of nitrogens with one attached hydrogen (secondary N) is 1. The Bertz CT molecular complexity index is 299. The normalized spacial score (nSPS) is 22.4. The molecule has 2 amide bonds. The van der Waals surface area contributed by atoms with Gasteiger partial charge >= 0.3 is 0 Å². The first-order valence-corrected chi connectivity index (χ1v) is 7.40. The molecule has 0 spiro atoms. The minimum absolute atomic E-state index is 0.0932. The fraction of sp³-hybridized carbons (Fsp3) is 0.857. The van der Waals surface area contributed by atoms with E-state index >= 15 is 0 Å². The van der Waals surface area contributed by atoms with Crippen molar-refractivity contribution < 1.29 is 9.59 Å². The van der Waals surface area contributed by atoms with E-state index in [1.165, 1.54) is 0 Å². The van der Waals surface area contributed by atoms with Crippen molar-refractivity contribution in [3.63, 3.8) is 0 Å². The van der Waals surface area contributed by atoms with E-state index in [0.717, 1.165) is 38.8 Å². The zero-order chi connectivity index (χ0) is 14.3. The number of hydrogen-bond donors (Lipinski definition) is 2. The molecule has 1 aliphatic heterocycles. The molecule has 19 heavy (non-hydrogen) atoms. The third-order valence-corrected chi connectivity index (χ3v) is 3.77. The van der Waals surface area contributed by atoms with Crippen molar-refractivity contribution in [3.05, 3.63) is 0 Å². The number of nitrogens with two attached hydrogens (primary N) is 1. The van der Waals surface area contributed by atoms with Crippen molar-refractivity contribution in [3.8, 4) is 0 Å². The molecule has 3 N–H and O–H groups in total. The maximum atomic E-state index is 12.6. The van der Waals surface area contributed by atoms with Crippen LogP contribution in [0.25, 0.3) is 0 Å². The second kappa shape index (κ2) is 8.15. The molecular weight excluding hydrogens is 242 g/mol. The number of carbonyl (C=O) groups excluding carboxylic acids is 2. The highest BCUT2D eigenvalue weighted by atomic mass is 16.2. The standard InChI is InChI=1S/C14H27N3O2/c1-3-5-7-17(8-6-4-2)14(19)12-10-16-9-11(12)13(15)18/h11-12,16H,3-10H2,1-2H3,(H2,15,18). The molecule has 1 heterocycles. The SMILES string of the molecule is CCCCN(CCCC)C(=O)C1CNCC1C(N)=O. The van der Waals surface area contributed by atoms with Crippen LogP contribution in [0.3, 0.4) is 0 Å². The predicted molar refractivity (Wildman–Crippen MR) is 75.4 cm³/mol. The maximum Gasteiger partial charge on any atom is 0.227 e. The van der Waals surface area contributed by atoms with Gasteiger partial charge in [-0.1, -0.05) is 26.7 Å². The van der Waals surface area contributed by atoms with E-state index in [1.807, 2.05) is 4.90 Å². The highest BCUT2D eigenvalue weighted by molar-refractivity contribution is 5.88. The van der Waals surface area contributed by atoms with Gasteiger partial charge in [-0.2, -0.15) is 0 Å². The quantitative estimate of drug-likeness (QED) is 0.682. The molecule has 5 heteroatoms. The molecule has 2 unspecified atom stereocenters. The monoisotopic (exact) mass is 269 g/mol. The van der Waals surface area contributed by atoms with Crippen LogP contribution in [0, 0.1) is 11.8 Å². The first-order valence-electron chi connectivity index (χ1n) is 7.40. The van der Waals surface area contributed by atoms with Gasteiger partial charge < -0.3 is 16.0 Å². The summed E-state index contributed by atoms with van der Waals surface area (Å²) in [6, 6.07) is 0. The minimum atomic E-state index is -0.366. The van der Waals surface area contributed by atoms with Gasteiger partial charge in [-0.3, -0.25) is 9.59 Å². The van der Waals surface area contributed by atoms with Crippen molar-refractivity contribution in [1.29, 1.82) is 0 Å². The Balaban J connectivity index is 2.65. The first-order chi connectivity index (χ1) is 9.11. The lowest BCUT2D eigenvalue weighted by Gasteiger charge is -2.27. The summed E-state index contributed by atoms with van der Waals surface area (Å²) in [4.78, 5) is 25.8. The Morgan fingerprint density at radius 2 is 1.63 bits per heavy atom. The summed E-state index contributed by atoms with van der Waals surface area (Å²) in [7, 11) is 0. The van der Waals surface area contributed by atoms with Crippen LogP contribution in [0.1, 0.15) is 39.5 Å². The van der Waals surface area contributed by atoms with Crippen molar-refractivity contribution in [2.75, 3.05) is 26.2 Å². The number of primary amides is 1. The Kier molecular flexibility index (Phi) is 6.84. The summed E-state index contributed by atoms with van der Waals surface area (Å²) in [5.41, 5.74) is 5.38. The third-order valence-electron chi connectivity index (χ3n) is 3.77. The van der Waals surface area contributed by atoms with Crippen LogP contribution in [-0.4, -0.2) is 42.9 Å². The summed E-state index contributed by atoms with van der Waals surface area (Å²) in [5, 5.41) is 3.10. The average Bonchev–Trinajstić information content (AvgIpc) is 2.87. The third kappa shape index (κ3) is 4.49. The number of rotatable bonds is 8. The molecule has 2 atom stereocenters. The fourth-order valence-electron chi connectivity index (χ4n) is 2.50. The van der Waals surface area contributed by atoms with Gasteiger partial charge in [0, 0.05) is 26.2 Å². The highest BCUT2D eigenvalue weighted by Crippen LogP contribution is 2.20. The molecule has 0 bridgehead atoms. The molecule has 0 aliphatic carbocycles. The second-order valence-corrected chi connectivity index (χ2v) is 5.31. The largest absolute Gasteiger partial charge is 0.369 e. The summed E-state index contributed by atoms with van der Waals surface area (Å²) >= 11 is 0. The van der Waals surface area contributed by atoms with Gasteiger partial charge in [-0.05, 0) is 12.8 Å². The van der Waals surface area contributed by atoms with E-state index in [-0.39, 0.29) is 23.7 Å². The topological polar surface area (TPSA) is 75.4 Å². The number of nitrogens with zero attached hydrogens (tertiary/aromatic N) is 1. The molecule has 0 radical (unpaired) electrons. The lowest BCUT2D eigenvalue weighted by molar-refractivity contribution is -0.139. The molecule has 1 saturated heterocycles. The molecule has 1 rings (SSSR count). The molecule has 110 valence electrons. The van der Waals surface area contributed by atoms with Crippen LogP contribution >= 0.6 is 0 Å². The van der Waals surface area contributed by atoms with Crippen LogP contribution < -0.4 is 11.1 Å². The fourth-order valence-corrected chi connectivity index (χ4v) is 2.50. The highest BCUT2D eigenvalue weighted by Gasteiger charge is 2.38. The smallest absolute Gasteiger partial charge is 0.227 e. The summed E-state index contributed by atoms with van der Waals surface area (Å²) < 4.78 is 0. The molecule has 0 saturated carbocycles. The van der Waals surface area contributed by atoms with E-state index in [9.17, 15) is 9.59 Å². The zero-order valence-corrected chi connectivity index (χ0v) is 12.2. The van der Waals surface area contributed by atoms with E-state index in [0.29, 0.717) is 13.1 Å². The van der Waals surface area contributed by atoms with Crippen molar-refractivity contribution in [2.24, 2.45) is 17.6 Å². The molecule has 1 fully saturated rings. The van der Waals surface area contributed by atoms with Crippen LogP contribution in [0.5, 0.6) is 0 Å². The van der Waals surface area contributed by atoms with Crippen molar-refractivity contribution >= 4 is 11.8 Å². The Morgan fingerprint density at radius 1 is 1.11 bits per heavy atom. The van der Waals surface area contributed by atoms with Gasteiger partial charge in [0.25, 0.3) is 0 Å². The van der Waals surface area contributed by atoms with Crippen LogP contribution in [0.15, 0.2) is 0 Å². The second-order valence-electron chi connectivity index (χ2n) is 5.31. The van der Waals surface area contributed by atoms with Crippen LogP contribution in [0.4, 0.5) is 0 Å². The molecular formula is C14H27N3O2. The molecule has 0 aromatic carbocycles. The van der Waals surface area contributed by atoms with Gasteiger partial charge in [0.2, 0.25) is 11.8 Å². The Hall–Kier alpha value is -1.10. The molecule has 5 nitrogen and oxygen atoms in total. The van der Waals surface area contributed by atoms with Gasteiger partial charge in [-0.15, -0.1) is 0 Å². The number of unbranched alkanes of at least 4 members (excludes halogenated alkanes) is 2. The summed E-state index contributed by atoms with van der Waals surface area (Å²) in [6.07, 6.45) is 4.16. The Labute approximate surface area is 115 Å². The molecule has 1 aliphatic rings. The maximum absolute atomic E-state index is 12.6. The first kappa shape index (κ1) is 16.0. The number of amides is 2. The number of hydrogen-bond acceptors (Lipinski definition) is 3. The zero-order valence-electron chi connectivity index (χ0n) is 12.2. The lowest BCUT2D eigenvalue weighted by Crippen LogP contribution is -2.43. The van der Waals surface area contributed by atoms with Gasteiger partial charge in [0.1, 0.15) is 0 Å². The summed E-state index contributed by atoms with van der Waals surface area (Å²) in [6.45, 7) is 6.91. The number of carbonyl (C=O) groups is 2. The van der Waals surface area contributed by atoms with E-state index in [2.05, 4.69) is 19.2 Å². The van der Waals surface area contributed by atoms with Crippen LogP contribution in [0.2, 0.25) is 0 Å². The van der Waals surface area contributed by atoms with E-state index < -0.39 is 0 Å². The van der Waals surface area contributed by atoms with E-state index in [1.54, 1.807) is 0 Å². The van der Waals surface area contributed by atoms with Gasteiger partial charge in [-0.25, -0.2) is 0 Å². The summed E-state index contributed by atoms with van der Waals surface area (Å²) in [5.74, 6) is -0.894. The lowest BCUT2D eigenvalue weighted by atomic mass is 9.93. The molecule has 0 aromatic rings. The average molecular weight is 269 g/mol. The predicted octanol–water partition coefficient (Wildman–Crippen LogP) is 0.736. The van der Waals surface area contributed by atoms with Gasteiger partial charge in [0.05, 0.1) is 11.8 Å². The molecule has 0 aromatic heterocycles. The van der Waals surface area contributed by atoms with E-state index in [4.69, 9.17) is 5.73 Å². The van der Waals surface area contributed by atoms with Crippen LogP contribution in [-0.2, 0) is 9.59 Å². The Morgan fingerprint density at radius 3 is 2.11 bits per heavy atom.